The first kappa shape index (κ1) is 15.9. The molecule has 1 fully saturated rings. The lowest BCUT2D eigenvalue weighted by Gasteiger charge is -2.26. The summed E-state index contributed by atoms with van der Waals surface area (Å²) in [4.78, 5) is 33.6. The van der Waals surface area contributed by atoms with E-state index in [9.17, 15) is 9.59 Å². The van der Waals surface area contributed by atoms with Crippen LogP contribution in [0.4, 0.5) is 4.79 Å². The average molecular weight is 329 g/mol. The summed E-state index contributed by atoms with van der Waals surface area (Å²) in [6.45, 7) is 1.13. The second-order valence-electron chi connectivity index (χ2n) is 5.64. The van der Waals surface area contributed by atoms with Crippen molar-refractivity contribution in [2.75, 3.05) is 6.54 Å². The summed E-state index contributed by atoms with van der Waals surface area (Å²) in [7, 11) is 0. The molecular weight excluding hydrogens is 310 g/mol. The molecule has 3 amide bonds. The highest BCUT2D eigenvalue weighted by molar-refractivity contribution is 5.79. The molecule has 1 aliphatic rings. The topological polar surface area (TPSA) is 116 Å². The van der Waals surface area contributed by atoms with Gasteiger partial charge in [0.1, 0.15) is 12.2 Å². The molecule has 1 atom stereocenters. The van der Waals surface area contributed by atoms with E-state index in [-0.39, 0.29) is 24.5 Å². The minimum atomic E-state index is -0.226. The number of rotatable bonds is 6. The second-order valence-corrected chi connectivity index (χ2v) is 5.64. The Hall–Kier alpha value is -2.97. The third-order valence-corrected chi connectivity index (χ3v) is 3.78. The lowest BCUT2D eigenvalue weighted by molar-refractivity contribution is -0.119. The van der Waals surface area contributed by atoms with Crippen LogP contribution in [-0.2, 0) is 17.9 Å². The van der Waals surface area contributed by atoms with Crippen LogP contribution in [0.5, 0.6) is 0 Å². The van der Waals surface area contributed by atoms with Gasteiger partial charge in [-0.3, -0.25) is 14.9 Å². The van der Waals surface area contributed by atoms with E-state index in [0.29, 0.717) is 25.3 Å². The van der Waals surface area contributed by atoms with E-state index in [2.05, 4.69) is 30.8 Å². The van der Waals surface area contributed by atoms with Crippen LogP contribution in [-0.4, -0.2) is 49.6 Å². The largest absolute Gasteiger partial charge is 0.352 e. The maximum Gasteiger partial charge on any atom is 0.318 e. The molecule has 3 rings (SSSR count). The zero-order valence-electron chi connectivity index (χ0n) is 13.1. The van der Waals surface area contributed by atoms with Crippen molar-refractivity contribution in [2.45, 2.75) is 32.0 Å². The molecule has 1 saturated heterocycles. The summed E-state index contributed by atoms with van der Waals surface area (Å²) in [5, 5.41) is 12.1. The van der Waals surface area contributed by atoms with Crippen molar-refractivity contribution in [3.63, 3.8) is 0 Å². The third kappa shape index (κ3) is 4.28. The van der Waals surface area contributed by atoms with Crippen molar-refractivity contribution in [2.24, 2.45) is 0 Å². The third-order valence-electron chi connectivity index (χ3n) is 3.78. The van der Waals surface area contributed by atoms with Gasteiger partial charge in [0.2, 0.25) is 5.91 Å². The molecule has 0 saturated carbocycles. The molecule has 2 aromatic heterocycles. The van der Waals surface area contributed by atoms with Crippen molar-refractivity contribution < 1.29 is 9.59 Å². The molecule has 3 heterocycles. The van der Waals surface area contributed by atoms with Gasteiger partial charge in [0, 0.05) is 37.9 Å². The van der Waals surface area contributed by atoms with Gasteiger partial charge in [-0.2, -0.15) is 5.10 Å². The van der Waals surface area contributed by atoms with Gasteiger partial charge >= 0.3 is 6.03 Å². The molecule has 1 aliphatic heterocycles. The molecule has 9 heteroatoms. The Morgan fingerprint density at radius 3 is 3.04 bits per heavy atom. The number of nitrogens with zero attached hydrogens (tertiary/aromatic N) is 4. The van der Waals surface area contributed by atoms with Crippen molar-refractivity contribution >= 4 is 11.9 Å². The number of aromatic nitrogens is 4. The van der Waals surface area contributed by atoms with Crippen LogP contribution >= 0.6 is 0 Å². The predicted molar refractivity (Wildman–Crippen MR) is 84.4 cm³/mol. The molecule has 0 aliphatic carbocycles. The molecule has 0 unspecified atom stereocenters. The molecule has 0 radical (unpaired) electrons. The smallest absolute Gasteiger partial charge is 0.318 e. The highest BCUT2D eigenvalue weighted by atomic mass is 16.2. The van der Waals surface area contributed by atoms with Crippen molar-refractivity contribution in [1.29, 1.82) is 0 Å². The van der Waals surface area contributed by atoms with Crippen molar-refractivity contribution in [3.05, 3.63) is 42.2 Å². The van der Waals surface area contributed by atoms with Gasteiger partial charge in [-0.15, -0.1) is 0 Å². The SMILES string of the molecule is O=C1CC[C@@H](CN(Cc2cccnc2)C(=O)NCc2ncn[nH]2)N1. The van der Waals surface area contributed by atoms with Crippen molar-refractivity contribution in [3.8, 4) is 0 Å². The summed E-state index contributed by atoms with van der Waals surface area (Å²) in [6, 6.07) is 3.50. The van der Waals surface area contributed by atoms with E-state index in [1.165, 1.54) is 6.33 Å². The molecule has 0 bridgehead atoms. The Labute approximate surface area is 138 Å². The normalized spacial score (nSPS) is 16.7. The number of H-pyrrole nitrogens is 1. The monoisotopic (exact) mass is 329 g/mol. The number of urea groups is 1. The number of hydrogen-bond acceptors (Lipinski definition) is 5. The van der Waals surface area contributed by atoms with Crippen LogP contribution < -0.4 is 10.6 Å². The molecule has 0 spiro atoms. The van der Waals surface area contributed by atoms with Gasteiger partial charge in [-0.1, -0.05) is 6.07 Å². The quantitative estimate of drug-likeness (QED) is 0.699. The van der Waals surface area contributed by atoms with Gasteiger partial charge < -0.3 is 15.5 Å². The van der Waals surface area contributed by atoms with Gasteiger partial charge in [0.25, 0.3) is 0 Å². The molecule has 126 valence electrons. The molecule has 9 nitrogen and oxygen atoms in total. The highest BCUT2D eigenvalue weighted by Gasteiger charge is 2.25. The zero-order valence-corrected chi connectivity index (χ0v) is 13.1. The van der Waals surface area contributed by atoms with Crippen molar-refractivity contribution in [1.82, 2.24) is 35.7 Å². The van der Waals surface area contributed by atoms with E-state index >= 15 is 0 Å². The minimum absolute atomic E-state index is 0.0230. The van der Waals surface area contributed by atoms with Crippen LogP contribution in [0.1, 0.15) is 24.2 Å². The van der Waals surface area contributed by atoms with Gasteiger partial charge in [-0.25, -0.2) is 9.78 Å². The van der Waals surface area contributed by atoms with Gasteiger partial charge in [0.15, 0.2) is 0 Å². The second kappa shape index (κ2) is 7.53. The molecular formula is C15H19N7O2. The summed E-state index contributed by atoms with van der Waals surface area (Å²) < 4.78 is 0. The Morgan fingerprint density at radius 2 is 2.38 bits per heavy atom. The fourth-order valence-corrected chi connectivity index (χ4v) is 2.60. The summed E-state index contributed by atoms with van der Waals surface area (Å²) in [5.74, 6) is 0.613. The summed E-state index contributed by atoms with van der Waals surface area (Å²) >= 11 is 0. The van der Waals surface area contributed by atoms with Gasteiger partial charge in [0.05, 0.1) is 6.54 Å². The minimum Gasteiger partial charge on any atom is -0.352 e. The summed E-state index contributed by atoms with van der Waals surface area (Å²) in [5.41, 5.74) is 0.927. The number of aromatic amines is 1. The van der Waals surface area contributed by atoms with Crippen LogP contribution in [0.3, 0.4) is 0 Å². The average Bonchev–Trinajstić information content (AvgIpc) is 3.25. The lowest BCUT2D eigenvalue weighted by Crippen LogP contribution is -2.45. The van der Waals surface area contributed by atoms with E-state index in [1.807, 2.05) is 12.1 Å². The van der Waals surface area contributed by atoms with Crippen LogP contribution in [0, 0.1) is 0 Å². The Bertz CT molecular complexity index is 674. The van der Waals surface area contributed by atoms with E-state index in [4.69, 9.17) is 0 Å². The number of pyridine rings is 1. The van der Waals surface area contributed by atoms with Gasteiger partial charge in [-0.05, 0) is 18.1 Å². The lowest BCUT2D eigenvalue weighted by atomic mass is 10.2. The first-order valence-corrected chi connectivity index (χ1v) is 7.76. The highest BCUT2D eigenvalue weighted by Crippen LogP contribution is 2.11. The number of carbonyl (C=O) groups is 2. The molecule has 0 aromatic carbocycles. The zero-order chi connectivity index (χ0) is 16.8. The molecule has 24 heavy (non-hydrogen) atoms. The van der Waals surface area contributed by atoms with Crippen LogP contribution in [0.15, 0.2) is 30.9 Å². The first-order valence-electron chi connectivity index (χ1n) is 7.76. The van der Waals surface area contributed by atoms with E-state index in [0.717, 1.165) is 12.0 Å². The van der Waals surface area contributed by atoms with Crippen LogP contribution in [0.25, 0.3) is 0 Å². The molecule has 3 N–H and O–H groups in total. The Morgan fingerprint density at radius 1 is 1.46 bits per heavy atom. The van der Waals surface area contributed by atoms with E-state index in [1.54, 1.807) is 17.3 Å². The fourth-order valence-electron chi connectivity index (χ4n) is 2.60. The Kier molecular flexibility index (Phi) is 4.99. The predicted octanol–water partition coefficient (Wildman–Crippen LogP) is 0.190. The summed E-state index contributed by atoms with van der Waals surface area (Å²) in [6.07, 6.45) is 6.05. The molecule has 2 aromatic rings. The standard InChI is InChI=1S/C15H19N7O2/c23-14-4-3-12(20-14)9-22(8-11-2-1-5-16-6-11)15(24)17-7-13-18-10-19-21-13/h1-2,5-6,10,12H,3-4,7-9H2,(H,17,24)(H,20,23)(H,18,19,21)/t12-/m0/s1. The fraction of sp³-hybridized carbons (Fsp3) is 0.400. The number of amides is 3. The Balaban J connectivity index is 1.63. The number of nitrogens with one attached hydrogen (secondary N) is 3. The van der Waals surface area contributed by atoms with Crippen LogP contribution in [0.2, 0.25) is 0 Å². The van der Waals surface area contributed by atoms with E-state index < -0.39 is 0 Å². The first-order chi connectivity index (χ1) is 11.7. The number of carbonyl (C=O) groups excluding carboxylic acids is 2. The number of hydrogen-bond donors (Lipinski definition) is 3. The maximum absolute atomic E-state index is 12.5. The maximum atomic E-state index is 12.5.